The Morgan fingerprint density at radius 1 is 1.56 bits per heavy atom. The first-order valence-corrected chi connectivity index (χ1v) is 6.88. The summed E-state index contributed by atoms with van der Waals surface area (Å²) in [5, 5.41) is 9.17. The first-order chi connectivity index (χ1) is 7.58. The molecule has 90 valence electrons. The summed E-state index contributed by atoms with van der Waals surface area (Å²) < 4.78 is 27.8. The number of nitrogens with one attached hydrogen (secondary N) is 1. The van der Waals surface area contributed by atoms with Crippen molar-refractivity contribution in [3.05, 3.63) is 18.0 Å². The second kappa shape index (κ2) is 4.20. The molecule has 0 aliphatic heterocycles. The lowest BCUT2D eigenvalue weighted by molar-refractivity contribution is 0.270. The molecular formula is C10H16N2O3S. The molecule has 0 saturated heterocycles. The molecule has 0 aromatic carbocycles. The van der Waals surface area contributed by atoms with Crippen molar-refractivity contribution in [1.29, 1.82) is 0 Å². The molecule has 0 amide bonds. The van der Waals surface area contributed by atoms with Crippen LogP contribution in [0, 0.1) is 0 Å². The number of hydrogen-bond acceptors (Lipinski definition) is 3. The zero-order chi connectivity index (χ0) is 11.8. The van der Waals surface area contributed by atoms with Crippen molar-refractivity contribution in [1.82, 2.24) is 9.29 Å². The molecule has 1 saturated carbocycles. The van der Waals surface area contributed by atoms with E-state index in [1.807, 2.05) is 4.57 Å². The fourth-order valence-corrected chi connectivity index (χ4v) is 2.83. The Balaban J connectivity index is 2.35. The monoisotopic (exact) mass is 244 g/mol. The SMILES string of the molecule is CCNS(=O)(=O)c1cc(CO)n(C2CC2)c1. The molecule has 0 unspecified atom stereocenters. The van der Waals surface area contributed by atoms with Gasteiger partial charge in [-0.15, -0.1) is 0 Å². The van der Waals surface area contributed by atoms with E-state index < -0.39 is 10.0 Å². The summed E-state index contributed by atoms with van der Waals surface area (Å²) in [4.78, 5) is 0.241. The topological polar surface area (TPSA) is 71.3 Å². The van der Waals surface area contributed by atoms with Gasteiger partial charge in [0.1, 0.15) is 0 Å². The van der Waals surface area contributed by atoms with E-state index in [0.717, 1.165) is 12.8 Å². The minimum atomic E-state index is -3.41. The Morgan fingerprint density at radius 2 is 2.25 bits per heavy atom. The maximum atomic E-state index is 11.8. The molecule has 2 rings (SSSR count). The predicted octanol–water partition coefficient (Wildman–Crippen LogP) is 0.613. The molecule has 1 aliphatic rings. The van der Waals surface area contributed by atoms with Gasteiger partial charge in [-0.3, -0.25) is 0 Å². The number of aromatic nitrogens is 1. The van der Waals surface area contributed by atoms with E-state index in [-0.39, 0.29) is 11.5 Å². The van der Waals surface area contributed by atoms with Gasteiger partial charge in [-0.1, -0.05) is 6.92 Å². The van der Waals surface area contributed by atoms with E-state index in [1.165, 1.54) is 6.07 Å². The van der Waals surface area contributed by atoms with Gasteiger partial charge < -0.3 is 9.67 Å². The normalized spacial score (nSPS) is 16.6. The highest BCUT2D eigenvalue weighted by Gasteiger charge is 2.27. The van der Waals surface area contributed by atoms with Crippen LogP contribution in [0.2, 0.25) is 0 Å². The third-order valence-corrected chi connectivity index (χ3v) is 4.17. The Kier molecular flexibility index (Phi) is 3.05. The fraction of sp³-hybridized carbons (Fsp3) is 0.600. The van der Waals surface area contributed by atoms with Gasteiger partial charge in [0.15, 0.2) is 0 Å². The van der Waals surface area contributed by atoms with Crippen molar-refractivity contribution in [2.45, 2.75) is 37.3 Å². The van der Waals surface area contributed by atoms with Gasteiger partial charge in [-0.2, -0.15) is 0 Å². The largest absolute Gasteiger partial charge is 0.390 e. The third kappa shape index (κ3) is 2.14. The van der Waals surface area contributed by atoms with Crippen LogP contribution in [0.5, 0.6) is 0 Å². The predicted molar refractivity (Wildman–Crippen MR) is 59.5 cm³/mol. The second-order valence-electron chi connectivity index (χ2n) is 3.97. The molecule has 0 radical (unpaired) electrons. The Labute approximate surface area is 95.1 Å². The summed E-state index contributed by atoms with van der Waals surface area (Å²) in [6, 6.07) is 1.91. The lowest BCUT2D eigenvalue weighted by atomic mass is 10.4. The van der Waals surface area contributed by atoms with Crippen molar-refractivity contribution in [2.75, 3.05) is 6.54 Å². The molecule has 1 fully saturated rings. The van der Waals surface area contributed by atoms with E-state index in [2.05, 4.69) is 4.72 Å². The quantitative estimate of drug-likeness (QED) is 0.797. The zero-order valence-corrected chi connectivity index (χ0v) is 10.00. The van der Waals surface area contributed by atoms with Crippen LogP contribution in [0.25, 0.3) is 0 Å². The molecule has 1 heterocycles. The zero-order valence-electron chi connectivity index (χ0n) is 9.18. The molecule has 16 heavy (non-hydrogen) atoms. The summed E-state index contributed by atoms with van der Waals surface area (Å²) in [7, 11) is -3.41. The van der Waals surface area contributed by atoms with E-state index in [1.54, 1.807) is 13.1 Å². The van der Waals surface area contributed by atoms with Gasteiger partial charge in [-0.05, 0) is 18.9 Å². The molecule has 1 aromatic rings. The van der Waals surface area contributed by atoms with Crippen molar-refractivity contribution < 1.29 is 13.5 Å². The minimum Gasteiger partial charge on any atom is -0.390 e. The summed E-state index contributed by atoms with van der Waals surface area (Å²) in [5.41, 5.74) is 0.666. The van der Waals surface area contributed by atoms with Crippen LogP contribution < -0.4 is 4.72 Å². The van der Waals surface area contributed by atoms with Crippen LogP contribution in [-0.4, -0.2) is 24.6 Å². The van der Waals surface area contributed by atoms with Gasteiger partial charge in [0.2, 0.25) is 10.0 Å². The van der Waals surface area contributed by atoms with Crippen LogP contribution in [-0.2, 0) is 16.6 Å². The van der Waals surface area contributed by atoms with Gasteiger partial charge in [-0.25, -0.2) is 13.1 Å². The minimum absolute atomic E-state index is 0.127. The number of rotatable bonds is 5. The number of aliphatic hydroxyl groups is 1. The molecule has 1 aromatic heterocycles. The number of hydrogen-bond donors (Lipinski definition) is 2. The summed E-state index contributed by atoms with van der Waals surface area (Å²) >= 11 is 0. The Morgan fingerprint density at radius 3 is 2.75 bits per heavy atom. The van der Waals surface area contributed by atoms with Gasteiger partial charge >= 0.3 is 0 Å². The van der Waals surface area contributed by atoms with Gasteiger partial charge in [0.05, 0.1) is 11.5 Å². The highest BCUT2D eigenvalue weighted by molar-refractivity contribution is 7.89. The first-order valence-electron chi connectivity index (χ1n) is 5.39. The number of nitrogens with zero attached hydrogens (tertiary/aromatic N) is 1. The average molecular weight is 244 g/mol. The summed E-state index contributed by atoms with van der Waals surface area (Å²) in [6.45, 7) is 1.98. The maximum Gasteiger partial charge on any atom is 0.242 e. The molecule has 0 atom stereocenters. The van der Waals surface area contributed by atoms with Crippen LogP contribution in [0.3, 0.4) is 0 Å². The van der Waals surface area contributed by atoms with Gasteiger partial charge in [0.25, 0.3) is 0 Å². The second-order valence-corrected chi connectivity index (χ2v) is 5.73. The van der Waals surface area contributed by atoms with Crippen molar-refractivity contribution in [3.8, 4) is 0 Å². The van der Waals surface area contributed by atoms with Gasteiger partial charge in [0, 0.05) is 24.5 Å². The smallest absolute Gasteiger partial charge is 0.242 e. The summed E-state index contributed by atoms with van der Waals surface area (Å²) in [5.74, 6) is 0. The molecule has 1 aliphatic carbocycles. The van der Waals surface area contributed by atoms with Crippen molar-refractivity contribution >= 4 is 10.0 Å². The van der Waals surface area contributed by atoms with E-state index in [9.17, 15) is 8.42 Å². The number of aliphatic hydroxyl groups excluding tert-OH is 1. The van der Waals surface area contributed by atoms with Crippen LogP contribution in [0.1, 0.15) is 31.5 Å². The molecule has 0 spiro atoms. The molecule has 6 heteroatoms. The van der Waals surface area contributed by atoms with Crippen molar-refractivity contribution in [3.63, 3.8) is 0 Å². The Hall–Kier alpha value is -0.850. The highest BCUT2D eigenvalue weighted by atomic mass is 32.2. The summed E-state index contributed by atoms with van der Waals surface area (Å²) in [6.07, 6.45) is 3.73. The lowest BCUT2D eigenvalue weighted by Gasteiger charge is -2.03. The molecule has 5 nitrogen and oxygen atoms in total. The van der Waals surface area contributed by atoms with E-state index >= 15 is 0 Å². The van der Waals surface area contributed by atoms with Crippen molar-refractivity contribution in [2.24, 2.45) is 0 Å². The fourth-order valence-electron chi connectivity index (χ4n) is 1.74. The third-order valence-electron chi connectivity index (χ3n) is 2.65. The molecular weight excluding hydrogens is 228 g/mol. The highest BCUT2D eigenvalue weighted by Crippen LogP contribution is 2.37. The first kappa shape index (κ1) is 11.6. The molecule has 0 bridgehead atoms. The average Bonchev–Trinajstić information content (AvgIpc) is 2.97. The standard InChI is InChI=1S/C10H16N2O3S/c1-2-11-16(14,15)10-5-9(7-13)12(6-10)8-3-4-8/h5-6,8,11,13H,2-4,7H2,1H3. The van der Waals surface area contributed by atoms with Crippen LogP contribution >= 0.6 is 0 Å². The van der Waals surface area contributed by atoms with Crippen LogP contribution in [0.4, 0.5) is 0 Å². The van der Waals surface area contributed by atoms with E-state index in [4.69, 9.17) is 5.11 Å². The Bertz CT molecular complexity index is 474. The molecule has 2 N–H and O–H groups in total. The number of sulfonamides is 1. The van der Waals surface area contributed by atoms with Crippen LogP contribution in [0.15, 0.2) is 17.2 Å². The maximum absolute atomic E-state index is 11.8. The lowest BCUT2D eigenvalue weighted by Crippen LogP contribution is -2.22. The van der Waals surface area contributed by atoms with E-state index in [0.29, 0.717) is 18.3 Å².